The van der Waals surface area contributed by atoms with Gasteiger partial charge in [0.1, 0.15) is 5.82 Å². The minimum atomic E-state index is -0.539. The summed E-state index contributed by atoms with van der Waals surface area (Å²) in [6, 6.07) is 4.10. The molecule has 1 aromatic rings. The minimum absolute atomic E-state index is 0. The molecule has 2 N–H and O–H groups in total. The largest absolute Gasteiger partial charge is 0.339 e. The third-order valence-electron chi connectivity index (χ3n) is 4.23. The lowest BCUT2D eigenvalue weighted by Crippen LogP contribution is -2.39. The fourth-order valence-corrected chi connectivity index (χ4v) is 2.90. The van der Waals surface area contributed by atoms with Gasteiger partial charge >= 0.3 is 0 Å². The molecule has 134 valence electrons. The molecule has 1 fully saturated rings. The zero-order valence-corrected chi connectivity index (χ0v) is 14.9. The molecule has 1 heterocycles. The van der Waals surface area contributed by atoms with E-state index in [2.05, 4.69) is 10.6 Å². The Morgan fingerprint density at radius 2 is 1.96 bits per heavy atom. The summed E-state index contributed by atoms with van der Waals surface area (Å²) in [5, 5.41) is 5.56. The molecule has 0 aromatic heterocycles. The van der Waals surface area contributed by atoms with Crippen molar-refractivity contribution in [1.29, 1.82) is 0 Å². The van der Waals surface area contributed by atoms with Crippen molar-refractivity contribution in [3.63, 3.8) is 0 Å². The van der Waals surface area contributed by atoms with E-state index in [-0.39, 0.29) is 29.9 Å². The summed E-state index contributed by atoms with van der Waals surface area (Å²) in [4.78, 5) is 25.4. The summed E-state index contributed by atoms with van der Waals surface area (Å²) in [6.45, 7) is 3.75. The van der Waals surface area contributed by atoms with Gasteiger partial charge < -0.3 is 15.5 Å². The number of rotatable bonds is 5. The minimum Gasteiger partial charge on any atom is -0.339 e. The van der Waals surface area contributed by atoms with Crippen LogP contribution < -0.4 is 10.6 Å². The molecule has 0 unspecified atom stereocenters. The van der Waals surface area contributed by atoms with Gasteiger partial charge in [0, 0.05) is 25.6 Å². The predicted molar refractivity (Wildman–Crippen MR) is 95.1 cm³/mol. The lowest BCUT2D eigenvalue weighted by Gasteiger charge is -2.32. The molecule has 0 bridgehead atoms. The van der Waals surface area contributed by atoms with Crippen LogP contribution in [0.4, 0.5) is 10.1 Å². The first kappa shape index (κ1) is 20.4. The quantitative estimate of drug-likeness (QED) is 0.851. The Hall–Kier alpha value is -1.66. The van der Waals surface area contributed by atoms with Crippen LogP contribution >= 0.6 is 12.4 Å². The molecule has 1 aliphatic heterocycles. The van der Waals surface area contributed by atoms with E-state index in [0.717, 1.165) is 38.9 Å². The van der Waals surface area contributed by atoms with Crippen molar-refractivity contribution in [3.05, 3.63) is 29.6 Å². The number of carbonyl (C=O) groups excluding carboxylic acids is 2. The van der Waals surface area contributed by atoms with Crippen LogP contribution in [-0.2, 0) is 4.79 Å². The third kappa shape index (κ3) is 5.46. The SMILES string of the molecule is CNCCC1CCN(C(=O)c2ccc(F)c(NC(C)=O)c2)CC1.Cl. The molecule has 0 saturated carbocycles. The number of amides is 2. The van der Waals surface area contributed by atoms with Crippen molar-refractivity contribution in [2.45, 2.75) is 26.2 Å². The number of hydrogen-bond donors (Lipinski definition) is 2. The van der Waals surface area contributed by atoms with Crippen LogP contribution in [0.5, 0.6) is 0 Å². The Balaban J connectivity index is 0.00000288. The highest BCUT2D eigenvalue weighted by atomic mass is 35.5. The molecule has 1 aliphatic rings. The Bertz CT molecular complexity index is 575. The standard InChI is InChI=1S/C17H24FN3O2.ClH/c1-12(22)20-16-11-14(3-4-15(16)18)17(23)21-9-6-13(7-10-21)5-8-19-2;/h3-4,11,13,19H,5-10H2,1-2H3,(H,20,22);1H. The second-order valence-electron chi connectivity index (χ2n) is 6.00. The van der Waals surface area contributed by atoms with Crippen LogP contribution in [0, 0.1) is 11.7 Å². The third-order valence-corrected chi connectivity index (χ3v) is 4.23. The van der Waals surface area contributed by atoms with Gasteiger partial charge in [0.15, 0.2) is 0 Å². The number of halogens is 2. The second-order valence-corrected chi connectivity index (χ2v) is 6.00. The van der Waals surface area contributed by atoms with Crippen molar-refractivity contribution in [1.82, 2.24) is 10.2 Å². The highest BCUT2D eigenvalue weighted by Crippen LogP contribution is 2.23. The Kier molecular flexibility index (Phi) is 8.15. The van der Waals surface area contributed by atoms with Crippen LogP contribution in [0.25, 0.3) is 0 Å². The van der Waals surface area contributed by atoms with E-state index in [1.807, 2.05) is 7.05 Å². The average molecular weight is 358 g/mol. The topological polar surface area (TPSA) is 61.4 Å². The molecule has 1 aromatic carbocycles. The molecule has 0 radical (unpaired) electrons. The number of nitrogens with one attached hydrogen (secondary N) is 2. The lowest BCUT2D eigenvalue weighted by molar-refractivity contribution is -0.114. The maximum absolute atomic E-state index is 13.7. The van der Waals surface area contributed by atoms with E-state index >= 15 is 0 Å². The Morgan fingerprint density at radius 1 is 1.29 bits per heavy atom. The van der Waals surface area contributed by atoms with Crippen LogP contribution in [0.3, 0.4) is 0 Å². The van der Waals surface area contributed by atoms with Crippen molar-refractivity contribution in [2.24, 2.45) is 5.92 Å². The van der Waals surface area contributed by atoms with E-state index in [0.29, 0.717) is 11.5 Å². The summed E-state index contributed by atoms with van der Waals surface area (Å²) in [6.07, 6.45) is 3.11. The fourth-order valence-electron chi connectivity index (χ4n) is 2.90. The van der Waals surface area contributed by atoms with E-state index in [4.69, 9.17) is 0 Å². The van der Waals surface area contributed by atoms with Crippen LogP contribution in [0.15, 0.2) is 18.2 Å². The van der Waals surface area contributed by atoms with E-state index < -0.39 is 5.82 Å². The Labute approximate surface area is 148 Å². The Morgan fingerprint density at radius 3 is 2.54 bits per heavy atom. The van der Waals surface area contributed by atoms with Gasteiger partial charge in [0.2, 0.25) is 5.91 Å². The predicted octanol–water partition coefficient (Wildman–Crippen LogP) is 2.67. The van der Waals surface area contributed by atoms with Gasteiger partial charge in [-0.2, -0.15) is 0 Å². The average Bonchev–Trinajstić information content (AvgIpc) is 2.54. The number of piperidine rings is 1. The van der Waals surface area contributed by atoms with E-state index in [9.17, 15) is 14.0 Å². The normalized spacial score (nSPS) is 14.9. The van der Waals surface area contributed by atoms with Gasteiger partial charge in [0.05, 0.1) is 5.69 Å². The maximum atomic E-state index is 13.7. The van der Waals surface area contributed by atoms with Gasteiger partial charge in [-0.05, 0) is 57.0 Å². The van der Waals surface area contributed by atoms with Crippen molar-refractivity contribution in [3.8, 4) is 0 Å². The molecule has 0 atom stereocenters. The summed E-state index contributed by atoms with van der Waals surface area (Å²) in [5.41, 5.74) is 0.455. The smallest absolute Gasteiger partial charge is 0.253 e. The molecule has 2 rings (SSSR count). The van der Waals surface area contributed by atoms with Gasteiger partial charge in [-0.25, -0.2) is 4.39 Å². The number of nitrogens with zero attached hydrogens (tertiary/aromatic N) is 1. The first-order valence-corrected chi connectivity index (χ1v) is 8.02. The molecule has 2 amide bonds. The van der Waals surface area contributed by atoms with Crippen LogP contribution in [0.1, 0.15) is 36.5 Å². The van der Waals surface area contributed by atoms with Gasteiger partial charge in [-0.15, -0.1) is 12.4 Å². The number of benzene rings is 1. The molecule has 7 heteroatoms. The molecular formula is C17H25ClFN3O2. The van der Waals surface area contributed by atoms with Gasteiger partial charge in [0.25, 0.3) is 5.91 Å². The molecule has 5 nitrogen and oxygen atoms in total. The van der Waals surface area contributed by atoms with Crippen LogP contribution in [-0.4, -0.2) is 43.4 Å². The molecular weight excluding hydrogens is 333 g/mol. The molecule has 0 spiro atoms. The first-order valence-electron chi connectivity index (χ1n) is 8.02. The molecule has 0 aliphatic carbocycles. The zero-order chi connectivity index (χ0) is 16.8. The number of likely N-dealkylation sites (tertiary alicyclic amines) is 1. The summed E-state index contributed by atoms with van der Waals surface area (Å²) in [7, 11) is 1.94. The highest BCUT2D eigenvalue weighted by molar-refractivity contribution is 5.97. The van der Waals surface area contributed by atoms with Crippen LogP contribution in [0.2, 0.25) is 0 Å². The van der Waals surface area contributed by atoms with Gasteiger partial charge in [-0.3, -0.25) is 9.59 Å². The molecule has 24 heavy (non-hydrogen) atoms. The summed E-state index contributed by atoms with van der Waals surface area (Å²) >= 11 is 0. The van der Waals surface area contributed by atoms with E-state index in [1.54, 1.807) is 4.90 Å². The first-order chi connectivity index (χ1) is 11.0. The second kappa shape index (κ2) is 9.59. The van der Waals surface area contributed by atoms with Crippen molar-refractivity contribution >= 4 is 29.9 Å². The molecule has 1 saturated heterocycles. The number of carbonyl (C=O) groups is 2. The summed E-state index contributed by atoms with van der Waals surface area (Å²) in [5.74, 6) is -0.361. The van der Waals surface area contributed by atoms with Crippen molar-refractivity contribution < 1.29 is 14.0 Å². The maximum Gasteiger partial charge on any atom is 0.253 e. The van der Waals surface area contributed by atoms with Gasteiger partial charge in [-0.1, -0.05) is 0 Å². The monoisotopic (exact) mass is 357 g/mol. The highest BCUT2D eigenvalue weighted by Gasteiger charge is 2.24. The van der Waals surface area contributed by atoms with Crippen molar-refractivity contribution in [2.75, 3.05) is 32.0 Å². The summed E-state index contributed by atoms with van der Waals surface area (Å²) < 4.78 is 13.7. The number of hydrogen-bond acceptors (Lipinski definition) is 3. The zero-order valence-electron chi connectivity index (χ0n) is 14.1. The lowest BCUT2D eigenvalue weighted by atomic mass is 9.93. The fraction of sp³-hybridized carbons (Fsp3) is 0.529. The number of anilines is 1. The van der Waals surface area contributed by atoms with E-state index in [1.165, 1.54) is 25.1 Å².